The van der Waals surface area contributed by atoms with E-state index in [1.54, 1.807) is 0 Å². The first-order chi connectivity index (χ1) is 12.4. The summed E-state index contributed by atoms with van der Waals surface area (Å²) in [6, 6.07) is -0.944. The zero-order valence-electron chi connectivity index (χ0n) is 13.8. The second-order valence-corrected chi connectivity index (χ2v) is 7.26. The quantitative estimate of drug-likeness (QED) is 0.194. The molecule has 27 heavy (non-hydrogen) atoms. The van der Waals surface area contributed by atoms with Crippen LogP contribution in [-0.2, 0) is 14.4 Å². The number of nitrogen functional groups attached to an aromatic ring is 1. The number of fused-ring (bicyclic) bond motifs is 1. The van der Waals surface area contributed by atoms with Gasteiger partial charge in [0.25, 0.3) is 11.8 Å². The highest BCUT2D eigenvalue weighted by atomic mass is 32.2. The molecule has 146 valence electrons. The fourth-order valence-electron chi connectivity index (χ4n) is 2.62. The average Bonchev–Trinajstić information content (AvgIpc) is 3.04. The van der Waals surface area contributed by atoms with Crippen LogP contribution in [0.1, 0.15) is 7.12 Å². The second-order valence-electron chi connectivity index (χ2n) is 5.26. The third-order valence-electron chi connectivity index (χ3n) is 3.81. The van der Waals surface area contributed by atoms with Gasteiger partial charge in [-0.1, -0.05) is 17.8 Å². The van der Waals surface area contributed by atoms with Crippen molar-refractivity contribution in [2.45, 2.75) is 11.4 Å². The molecule has 1 aromatic rings. The van der Waals surface area contributed by atoms with Crippen LogP contribution in [0.3, 0.4) is 0 Å². The van der Waals surface area contributed by atoms with Gasteiger partial charge in [0.1, 0.15) is 22.8 Å². The largest absolute Gasteiger partial charge is 0.477 e. The number of β-lactam (4-membered cyclic amide) rings is 1. The summed E-state index contributed by atoms with van der Waals surface area (Å²) in [6.07, 6.45) is 1.40. The average molecular weight is 414 g/mol. The third-order valence-corrected chi connectivity index (χ3v) is 5.79. The SMILES string of the molecule is C=CC1=C(C(=O)O)N2C(=O)[C@@H](NC(=O)C(=NO)c3csc(N)n3)[C@H]2SC1.N.[HH]. The number of hydrogen-bond donors (Lipinski definition) is 5. The van der Waals surface area contributed by atoms with Gasteiger partial charge in [0.05, 0.1) is 0 Å². The fraction of sp³-hybridized carbons (Fsp3) is 0.214. The maximum atomic E-state index is 12.4. The van der Waals surface area contributed by atoms with Gasteiger partial charge in [-0.15, -0.1) is 23.1 Å². The Morgan fingerprint density at radius 1 is 1.56 bits per heavy atom. The summed E-state index contributed by atoms with van der Waals surface area (Å²) in [5, 5.41) is 24.9. The van der Waals surface area contributed by atoms with Crippen LogP contribution in [0.2, 0.25) is 0 Å². The van der Waals surface area contributed by atoms with E-state index in [4.69, 9.17) is 10.9 Å². The minimum atomic E-state index is -1.24. The number of amides is 2. The van der Waals surface area contributed by atoms with E-state index in [9.17, 15) is 19.5 Å². The maximum Gasteiger partial charge on any atom is 0.352 e. The Labute approximate surface area is 162 Å². The standard InChI is InChI=1S/C14H13N5O5S2.H3N.H2/c1-2-5-3-25-12-8(11(21)19(12)9(5)13(22)23)17-10(20)7(18-24)6-4-26-14(15)16-6;;/h2,4,8,12,24H,1,3H2,(H2,15,16)(H,17,20)(H,22,23);1H3;1H/t8-,12-;;/m1../s1. The van der Waals surface area contributed by atoms with Gasteiger partial charge in [-0.05, 0) is 5.57 Å². The molecule has 8 N–H and O–H groups in total. The number of carboxylic acid groups (broad SMARTS) is 1. The predicted molar refractivity (Wildman–Crippen MR) is 102 cm³/mol. The number of aliphatic carboxylic acids is 1. The molecule has 0 spiro atoms. The Hall–Kier alpha value is -2.90. The number of carboxylic acids is 1. The maximum absolute atomic E-state index is 12.4. The Morgan fingerprint density at radius 3 is 2.78 bits per heavy atom. The molecule has 0 aromatic carbocycles. The lowest BCUT2D eigenvalue weighted by atomic mass is 10.0. The van der Waals surface area contributed by atoms with Crippen LogP contribution < -0.4 is 17.2 Å². The highest BCUT2D eigenvalue weighted by molar-refractivity contribution is 8.00. The molecule has 11 nitrogen and oxygen atoms in total. The van der Waals surface area contributed by atoms with E-state index in [1.807, 2.05) is 0 Å². The molecule has 13 heteroatoms. The number of nitrogens with one attached hydrogen (secondary N) is 1. The molecule has 2 amide bonds. The predicted octanol–water partition coefficient (Wildman–Crippen LogP) is 0.236. The van der Waals surface area contributed by atoms with Crippen LogP contribution in [0.25, 0.3) is 0 Å². The normalized spacial score (nSPS) is 21.7. The number of hydrogen-bond acceptors (Lipinski definition) is 10. The number of anilines is 1. The molecular weight excluding hydrogens is 396 g/mol. The molecule has 2 atom stereocenters. The molecule has 1 fully saturated rings. The van der Waals surface area contributed by atoms with Gasteiger partial charge in [0, 0.05) is 12.6 Å². The Balaban J connectivity index is 0.00000196. The zero-order valence-corrected chi connectivity index (χ0v) is 15.4. The van der Waals surface area contributed by atoms with E-state index in [1.165, 1.54) is 23.2 Å². The van der Waals surface area contributed by atoms with Gasteiger partial charge >= 0.3 is 5.97 Å². The van der Waals surface area contributed by atoms with Crippen LogP contribution in [-0.4, -0.2) is 60.9 Å². The van der Waals surface area contributed by atoms with Gasteiger partial charge in [-0.3, -0.25) is 14.5 Å². The van der Waals surface area contributed by atoms with E-state index < -0.39 is 29.2 Å². The number of thioether (sulfide) groups is 1. The number of carbonyl (C=O) groups excluding carboxylic acids is 2. The minimum Gasteiger partial charge on any atom is -0.477 e. The number of oxime groups is 1. The third kappa shape index (κ3) is 3.39. The summed E-state index contributed by atoms with van der Waals surface area (Å²) in [6.45, 7) is 3.56. The van der Waals surface area contributed by atoms with Gasteiger partial charge in [0.15, 0.2) is 10.8 Å². The molecule has 0 aliphatic carbocycles. The van der Waals surface area contributed by atoms with Crippen LogP contribution in [0.5, 0.6) is 0 Å². The van der Waals surface area contributed by atoms with Crippen molar-refractivity contribution in [3.05, 3.63) is 35.0 Å². The first-order valence-corrected chi connectivity index (χ1v) is 9.09. The molecule has 0 saturated carbocycles. The summed E-state index contributed by atoms with van der Waals surface area (Å²) in [4.78, 5) is 41.2. The van der Waals surface area contributed by atoms with Crippen molar-refractivity contribution in [1.82, 2.24) is 21.4 Å². The number of rotatable bonds is 5. The summed E-state index contributed by atoms with van der Waals surface area (Å²) in [5.74, 6) is -2.27. The first kappa shape index (κ1) is 20.4. The van der Waals surface area contributed by atoms with Crippen LogP contribution in [0.15, 0.2) is 34.5 Å². The number of thiazole rings is 1. The van der Waals surface area contributed by atoms with Crippen molar-refractivity contribution >= 4 is 51.7 Å². The van der Waals surface area contributed by atoms with Crippen LogP contribution in [0.4, 0.5) is 5.13 Å². The summed E-state index contributed by atoms with van der Waals surface area (Å²) in [5.41, 5.74) is 5.49. The first-order valence-electron chi connectivity index (χ1n) is 7.16. The summed E-state index contributed by atoms with van der Waals surface area (Å²) < 4.78 is 0. The molecule has 0 radical (unpaired) electrons. The number of nitrogens with two attached hydrogens (primary N) is 1. The smallest absolute Gasteiger partial charge is 0.352 e. The van der Waals surface area contributed by atoms with E-state index in [-0.39, 0.29) is 29.8 Å². The van der Waals surface area contributed by atoms with Crippen LogP contribution >= 0.6 is 23.1 Å². The van der Waals surface area contributed by atoms with E-state index in [2.05, 4.69) is 22.0 Å². The topological polar surface area (TPSA) is 193 Å². The van der Waals surface area contributed by atoms with Crippen molar-refractivity contribution in [2.24, 2.45) is 5.16 Å². The molecular formula is C14H18N6O5S2. The lowest BCUT2D eigenvalue weighted by molar-refractivity contribution is -0.150. The molecule has 3 rings (SSSR count). The van der Waals surface area contributed by atoms with Crippen molar-refractivity contribution < 1.29 is 26.1 Å². The van der Waals surface area contributed by atoms with E-state index in [0.717, 1.165) is 16.2 Å². The second kappa shape index (κ2) is 7.77. The Bertz CT molecular complexity index is 885. The van der Waals surface area contributed by atoms with Crippen molar-refractivity contribution in [3.63, 3.8) is 0 Å². The lowest BCUT2D eigenvalue weighted by Crippen LogP contribution is -2.71. The number of nitrogens with zero attached hydrogens (tertiary/aromatic N) is 3. The van der Waals surface area contributed by atoms with Gasteiger partial charge in [0.2, 0.25) is 0 Å². The number of carbonyl (C=O) groups is 3. The molecule has 3 heterocycles. The molecule has 2 aliphatic rings. The summed E-state index contributed by atoms with van der Waals surface area (Å²) >= 11 is 2.37. The molecule has 1 aromatic heterocycles. The number of allylic oxidation sites excluding steroid dienone is 1. The molecule has 0 bridgehead atoms. The van der Waals surface area contributed by atoms with Crippen LogP contribution in [0, 0.1) is 0 Å². The lowest BCUT2D eigenvalue weighted by Gasteiger charge is -2.49. The molecule has 2 aliphatic heterocycles. The Kier molecular flexibility index (Phi) is 5.88. The van der Waals surface area contributed by atoms with Gasteiger partial charge in [-0.2, -0.15) is 0 Å². The molecule has 1 saturated heterocycles. The minimum absolute atomic E-state index is 0. The highest BCUT2D eigenvalue weighted by Gasteiger charge is 2.54. The van der Waals surface area contributed by atoms with Crippen molar-refractivity contribution in [3.8, 4) is 0 Å². The van der Waals surface area contributed by atoms with Gasteiger partial charge < -0.3 is 27.5 Å². The zero-order chi connectivity index (χ0) is 19.0. The Morgan fingerprint density at radius 2 is 2.26 bits per heavy atom. The fourth-order valence-corrected chi connectivity index (χ4v) is 4.51. The monoisotopic (exact) mass is 414 g/mol. The highest BCUT2D eigenvalue weighted by Crippen LogP contribution is 2.40. The van der Waals surface area contributed by atoms with Gasteiger partial charge in [-0.25, -0.2) is 9.78 Å². The van der Waals surface area contributed by atoms with E-state index >= 15 is 0 Å². The molecule has 0 unspecified atom stereocenters. The van der Waals surface area contributed by atoms with Crippen molar-refractivity contribution in [2.75, 3.05) is 11.5 Å². The number of aromatic nitrogens is 1. The van der Waals surface area contributed by atoms with E-state index in [0.29, 0.717) is 11.3 Å². The summed E-state index contributed by atoms with van der Waals surface area (Å²) in [7, 11) is 0. The van der Waals surface area contributed by atoms with Crippen molar-refractivity contribution in [1.29, 1.82) is 0 Å².